The predicted molar refractivity (Wildman–Crippen MR) is 45.4 cm³/mol. The van der Waals surface area contributed by atoms with Crippen LogP contribution in [-0.4, -0.2) is 24.7 Å². The number of hydrogen-bond donors (Lipinski definition) is 0. The van der Waals surface area contributed by atoms with Crippen molar-refractivity contribution in [2.24, 2.45) is 0 Å². The summed E-state index contributed by atoms with van der Waals surface area (Å²) in [4.78, 5) is 14.2. The summed E-state index contributed by atoms with van der Waals surface area (Å²) in [6.45, 7) is -1.82. The molecule has 0 aliphatic carbocycles. The molecule has 0 aromatic carbocycles. The molecule has 1 rings (SSSR count). The van der Waals surface area contributed by atoms with Crippen LogP contribution < -0.4 is 0 Å². The maximum Gasteiger partial charge on any atom is 0.339 e. The lowest BCUT2D eigenvalue weighted by molar-refractivity contribution is -0.0322. The minimum Gasteiger partial charge on any atom is -0.465 e. The van der Waals surface area contributed by atoms with Crippen molar-refractivity contribution in [1.82, 2.24) is 4.98 Å². The van der Waals surface area contributed by atoms with E-state index < -0.39 is 24.3 Å². The van der Waals surface area contributed by atoms with Gasteiger partial charge >= 0.3 is 11.9 Å². The maximum absolute atomic E-state index is 12.7. The van der Waals surface area contributed by atoms with Gasteiger partial charge in [-0.1, -0.05) is 0 Å². The summed E-state index contributed by atoms with van der Waals surface area (Å²) in [5.74, 6) is -4.30. The second kappa shape index (κ2) is 4.29. The third-order valence-electron chi connectivity index (χ3n) is 1.73. The fourth-order valence-corrected chi connectivity index (χ4v) is 0.917. The molecule has 0 fully saturated rings. The number of alkyl halides is 3. The average molecular weight is 219 g/mol. The molecular weight excluding hydrogens is 211 g/mol. The molecule has 1 aromatic rings. The first-order valence-corrected chi connectivity index (χ1v) is 4.00. The zero-order valence-electron chi connectivity index (χ0n) is 7.84. The van der Waals surface area contributed by atoms with Crippen LogP contribution in [0.25, 0.3) is 0 Å². The summed E-state index contributed by atoms with van der Waals surface area (Å²) >= 11 is 0. The molecule has 0 saturated heterocycles. The van der Waals surface area contributed by atoms with Gasteiger partial charge in [0.05, 0.1) is 12.7 Å². The van der Waals surface area contributed by atoms with Crippen LogP contribution in [0.3, 0.4) is 0 Å². The van der Waals surface area contributed by atoms with Crippen molar-refractivity contribution >= 4 is 5.97 Å². The van der Waals surface area contributed by atoms with Crippen LogP contribution in [0.2, 0.25) is 0 Å². The number of halogens is 3. The molecule has 0 aliphatic rings. The lowest BCUT2D eigenvalue weighted by Crippen LogP contribution is -2.18. The van der Waals surface area contributed by atoms with E-state index in [9.17, 15) is 18.0 Å². The third-order valence-corrected chi connectivity index (χ3v) is 1.73. The van der Waals surface area contributed by atoms with E-state index in [1.807, 2.05) is 0 Å². The van der Waals surface area contributed by atoms with Gasteiger partial charge in [-0.15, -0.1) is 0 Å². The number of carbonyl (C=O) groups is 1. The lowest BCUT2D eigenvalue weighted by Gasteiger charge is -2.10. The van der Waals surface area contributed by atoms with Gasteiger partial charge in [0.15, 0.2) is 6.67 Å². The SMILES string of the molecule is COC(=O)c1ccc(C(F)(F)CF)nc1. The number of hydrogen-bond acceptors (Lipinski definition) is 3. The smallest absolute Gasteiger partial charge is 0.339 e. The molecular formula is C9H8F3NO2. The van der Waals surface area contributed by atoms with Gasteiger partial charge in [-0.25, -0.2) is 9.18 Å². The van der Waals surface area contributed by atoms with Crippen LogP contribution in [0.1, 0.15) is 16.1 Å². The van der Waals surface area contributed by atoms with Crippen LogP contribution in [0.4, 0.5) is 13.2 Å². The maximum atomic E-state index is 12.7. The molecule has 82 valence electrons. The monoisotopic (exact) mass is 219 g/mol. The van der Waals surface area contributed by atoms with Crippen LogP contribution in [0.15, 0.2) is 18.3 Å². The molecule has 6 heteroatoms. The number of rotatable bonds is 3. The number of ether oxygens (including phenoxy) is 1. The Labute approximate surface area is 83.9 Å². The lowest BCUT2D eigenvalue weighted by atomic mass is 10.2. The second-order valence-corrected chi connectivity index (χ2v) is 2.76. The molecule has 0 saturated carbocycles. The average Bonchev–Trinajstić information content (AvgIpc) is 2.28. The number of nitrogens with zero attached hydrogens (tertiary/aromatic N) is 1. The van der Waals surface area contributed by atoms with E-state index in [1.54, 1.807) is 0 Å². The van der Waals surface area contributed by atoms with E-state index in [0.29, 0.717) is 0 Å². The van der Waals surface area contributed by atoms with E-state index in [2.05, 4.69) is 9.72 Å². The topological polar surface area (TPSA) is 39.2 Å². The summed E-state index contributed by atoms with van der Waals surface area (Å²) in [6, 6.07) is 2.00. The Morgan fingerprint density at radius 3 is 2.60 bits per heavy atom. The molecule has 3 nitrogen and oxygen atoms in total. The van der Waals surface area contributed by atoms with Gasteiger partial charge in [-0.3, -0.25) is 4.98 Å². The summed E-state index contributed by atoms with van der Waals surface area (Å²) in [7, 11) is 1.16. The van der Waals surface area contributed by atoms with Gasteiger partial charge in [0, 0.05) is 6.20 Å². The van der Waals surface area contributed by atoms with Gasteiger partial charge in [0.2, 0.25) is 0 Å². The minimum atomic E-state index is -3.62. The molecule has 0 aliphatic heterocycles. The Bertz CT molecular complexity index is 351. The standard InChI is InChI=1S/C9H8F3NO2/c1-15-8(14)6-2-3-7(13-4-6)9(11,12)5-10/h2-4H,5H2,1H3. The molecule has 0 unspecified atom stereocenters. The Morgan fingerprint density at radius 1 is 1.53 bits per heavy atom. The molecule has 0 spiro atoms. The molecule has 0 bridgehead atoms. The summed E-state index contributed by atoms with van der Waals surface area (Å²) < 4.78 is 41.7. The predicted octanol–water partition coefficient (Wildman–Crippen LogP) is 1.93. The Morgan fingerprint density at radius 2 is 2.20 bits per heavy atom. The van der Waals surface area contributed by atoms with E-state index in [1.165, 1.54) is 0 Å². The Hall–Kier alpha value is -1.59. The van der Waals surface area contributed by atoms with E-state index in [-0.39, 0.29) is 5.56 Å². The summed E-state index contributed by atoms with van der Waals surface area (Å²) in [5.41, 5.74) is -0.673. The van der Waals surface area contributed by atoms with Crippen molar-refractivity contribution in [3.63, 3.8) is 0 Å². The quantitative estimate of drug-likeness (QED) is 0.729. The molecule has 0 radical (unpaired) electrons. The summed E-state index contributed by atoms with van der Waals surface area (Å²) in [6.07, 6.45) is 0.921. The van der Waals surface area contributed by atoms with E-state index >= 15 is 0 Å². The highest BCUT2D eigenvalue weighted by Gasteiger charge is 2.33. The molecule has 15 heavy (non-hydrogen) atoms. The number of esters is 1. The van der Waals surface area contributed by atoms with Crippen molar-refractivity contribution < 1.29 is 22.7 Å². The van der Waals surface area contributed by atoms with Crippen molar-refractivity contribution in [1.29, 1.82) is 0 Å². The fraction of sp³-hybridized carbons (Fsp3) is 0.333. The minimum absolute atomic E-state index is 0.0379. The first-order chi connectivity index (χ1) is 7.01. The molecule has 0 amide bonds. The second-order valence-electron chi connectivity index (χ2n) is 2.76. The van der Waals surface area contributed by atoms with Crippen molar-refractivity contribution in [2.45, 2.75) is 5.92 Å². The van der Waals surface area contributed by atoms with Crippen LogP contribution in [-0.2, 0) is 10.7 Å². The van der Waals surface area contributed by atoms with Crippen LogP contribution in [0, 0.1) is 0 Å². The van der Waals surface area contributed by atoms with Crippen molar-refractivity contribution in [2.75, 3.05) is 13.8 Å². The normalized spacial score (nSPS) is 11.2. The number of aromatic nitrogens is 1. The zero-order chi connectivity index (χ0) is 11.5. The molecule has 0 N–H and O–H groups in total. The Balaban J connectivity index is 2.95. The van der Waals surface area contributed by atoms with Gasteiger partial charge < -0.3 is 4.74 Å². The van der Waals surface area contributed by atoms with Gasteiger partial charge in [-0.2, -0.15) is 8.78 Å². The highest BCUT2D eigenvalue weighted by atomic mass is 19.3. The third kappa shape index (κ3) is 2.45. The van der Waals surface area contributed by atoms with Gasteiger partial charge in [0.25, 0.3) is 0 Å². The Kier molecular flexibility index (Phi) is 3.28. The molecule has 1 heterocycles. The molecule has 0 atom stereocenters. The highest BCUT2D eigenvalue weighted by molar-refractivity contribution is 5.88. The van der Waals surface area contributed by atoms with Crippen molar-refractivity contribution in [3.8, 4) is 0 Å². The van der Waals surface area contributed by atoms with E-state index in [0.717, 1.165) is 25.4 Å². The van der Waals surface area contributed by atoms with Crippen molar-refractivity contribution in [3.05, 3.63) is 29.6 Å². The van der Waals surface area contributed by atoms with Gasteiger partial charge in [0.1, 0.15) is 5.69 Å². The van der Waals surface area contributed by atoms with E-state index in [4.69, 9.17) is 0 Å². The zero-order valence-corrected chi connectivity index (χ0v) is 7.84. The number of pyridine rings is 1. The largest absolute Gasteiger partial charge is 0.465 e. The first-order valence-electron chi connectivity index (χ1n) is 4.00. The highest BCUT2D eigenvalue weighted by Crippen LogP contribution is 2.26. The number of carbonyl (C=O) groups excluding carboxylic acids is 1. The summed E-state index contributed by atoms with van der Waals surface area (Å²) in [5, 5.41) is 0. The van der Waals surface area contributed by atoms with Crippen LogP contribution >= 0.6 is 0 Å². The first kappa shape index (κ1) is 11.5. The number of methoxy groups -OCH3 is 1. The van der Waals surface area contributed by atoms with Gasteiger partial charge in [-0.05, 0) is 12.1 Å². The molecule has 1 aromatic heterocycles. The fourth-order valence-electron chi connectivity index (χ4n) is 0.917. The van der Waals surface area contributed by atoms with Crippen LogP contribution in [0.5, 0.6) is 0 Å².